The summed E-state index contributed by atoms with van der Waals surface area (Å²) in [6.45, 7) is 2.28. The quantitative estimate of drug-likeness (QED) is 0.278. The Morgan fingerprint density at radius 1 is 1.18 bits per heavy atom. The summed E-state index contributed by atoms with van der Waals surface area (Å²) in [4.78, 5) is 31.2. The van der Waals surface area contributed by atoms with Crippen LogP contribution in [-0.2, 0) is 15.1 Å². The van der Waals surface area contributed by atoms with Gasteiger partial charge in [0.25, 0.3) is 0 Å². The number of fused-ring (bicyclic) bond motifs is 1. The average molecular weight is 567 g/mol. The molecule has 1 aliphatic rings. The highest BCUT2D eigenvalue weighted by Crippen LogP contribution is 2.45. The van der Waals surface area contributed by atoms with Gasteiger partial charge >= 0.3 is 6.09 Å². The van der Waals surface area contributed by atoms with Crippen molar-refractivity contribution in [3.8, 4) is 11.1 Å². The molecular formula is C31H39ClN4O4. The van der Waals surface area contributed by atoms with E-state index in [1.807, 2.05) is 60.5 Å². The van der Waals surface area contributed by atoms with E-state index in [0.29, 0.717) is 49.5 Å². The van der Waals surface area contributed by atoms with Crippen LogP contribution in [0.2, 0.25) is 5.02 Å². The molecule has 1 saturated heterocycles. The standard InChI is InChI=1S/C31H39ClN4O4/c1-33-16-6-14-28(37)36-18-7-10-24(21-36)31(39,15-8-17-34-30(38)40-2)25-11-5-12-26(32)29(25)23-19-22-9-3-4-13-27(22)35-20-23/h3-5,9,11-13,19-20,24,33,39H,6-8,10,14-18,21H2,1-2H3,(H,34,38)/t24-,31+/m1/s1. The minimum absolute atomic E-state index is 0.111. The molecule has 0 unspecified atom stereocenters. The van der Waals surface area contributed by atoms with Crippen molar-refractivity contribution in [3.05, 3.63) is 65.3 Å². The number of hydrogen-bond acceptors (Lipinski definition) is 6. The molecule has 3 N–H and O–H groups in total. The molecule has 0 radical (unpaired) electrons. The zero-order valence-corrected chi connectivity index (χ0v) is 24.0. The Morgan fingerprint density at radius 2 is 2.00 bits per heavy atom. The predicted molar refractivity (Wildman–Crippen MR) is 158 cm³/mol. The van der Waals surface area contributed by atoms with Gasteiger partial charge in [0.05, 0.1) is 18.2 Å². The number of para-hydroxylation sites is 1. The van der Waals surface area contributed by atoms with E-state index in [4.69, 9.17) is 16.3 Å². The summed E-state index contributed by atoms with van der Waals surface area (Å²) < 4.78 is 4.71. The smallest absolute Gasteiger partial charge is 0.406 e. The Balaban J connectivity index is 1.71. The van der Waals surface area contributed by atoms with Gasteiger partial charge in [0.2, 0.25) is 5.91 Å². The molecule has 1 aromatic heterocycles. The number of halogens is 1. The molecule has 1 fully saturated rings. The molecule has 2 atom stereocenters. The summed E-state index contributed by atoms with van der Waals surface area (Å²) in [6, 6.07) is 15.5. The number of rotatable bonds is 11. The van der Waals surface area contributed by atoms with Crippen molar-refractivity contribution in [2.45, 2.75) is 44.1 Å². The molecule has 0 spiro atoms. The molecule has 4 rings (SSSR count). The lowest BCUT2D eigenvalue weighted by molar-refractivity contribution is -0.136. The van der Waals surface area contributed by atoms with E-state index in [9.17, 15) is 14.7 Å². The lowest BCUT2D eigenvalue weighted by Crippen LogP contribution is -2.48. The van der Waals surface area contributed by atoms with Gasteiger partial charge < -0.3 is 25.4 Å². The SMILES string of the molecule is CNCCCC(=O)N1CCC[C@@H]([C@@](O)(CCCNC(=O)OC)c2cccc(Cl)c2-c2cnc3ccccc3c2)C1. The van der Waals surface area contributed by atoms with Crippen molar-refractivity contribution in [3.63, 3.8) is 0 Å². The van der Waals surface area contributed by atoms with Crippen molar-refractivity contribution in [2.24, 2.45) is 5.92 Å². The molecule has 214 valence electrons. The Kier molecular flexibility index (Phi) is 10.4. The van der Waals surface area contributed by atoms with Gasteiger partial charge in [-0.3, -0.25) is 9.78 Å². The minimum atomic E-state index is -1.30. The number of nitrogens with zero attached hydrogens (tertiary/aromatic N) is 2. The zero-order chi connectivity index (χ0) is 28.5. The van der Waals surface area contributed by atoms with Gasteiger partial charge in [-0.2, -0.15) is 0 Å². The number of piperidine rings is 1. The van der Waals surface area contributed by atoms with Crippen LogP contribution in [0.1, 0.15) is 44.1 Å². The molecule has 9 heteroatoms. The summed E-state index contributed by atoms with van der Waals surface area (Å²) >= 11 is 6.85. The number of carbonyl (C=O) groups excluding carboxylic acids is 2. The molecule has 1 aliphatic heterocycles. The van der Waals surface area contributed by atoms with E-state index in [2.05, 4.69) is 15.6 Å². The number of alkyl carbamates (subject to hydrolysis) is 1. The van der Waals surface area contributed by atoms with Gasteiger partial charge in [0.1, 0.15) is 0 Å². The van der Waals surface area contributed by atoms with Crippen molar-refractivity contribution < 1.29 is 19.4 Å². The summed E-state index contributed by atoms with van der Waals surface area (Å²) in [5.41, 5.74) is 1.85. The lowest BCUT2D eigenvalue weighted by Gasteiger charge is -2.44. The van der Waals surface area contributed by atoms with Crippen LogP contribution in [0.3, 0.4) is 0 Å². The number of hydrogen-bond donors (Lipinski definition) is 3. The number of ether oxygens (including phenoxy) is 1. The van der Waals surface area contributed by atoms with Gasteiger partial charge in [-0.05, 0) is 69.5 Å². The molecule has 2 aromatic carbocycles. The van der Waals surface area contributed by atoms with E-state index in [-0.39, 0.29) is 11.8 Å². The third-order valence-electron chi connectivity index (χ3n) is 7.82. The maximum absolute atomic E-state index is 13.0. The monoisotopic (exact) mass is 566 g/mol. The minimum Gasteiger partial charge on any atom is -0.453 e. The van der Waals surface area contributed by atoms with Crippen LogP contribution in [-0.4, -0.2) is 67.3 Å². The Morgan fingerprint density at radius 3 is 2.80 bits per heavy atom. The third kappa shape index (κ3) is 6.92. The fraction of sp³-hybridized carbons (Fsp3) is 0.452. The highest BCUT2D eigenvalue weighted by Gasteiger charge is 2.42. The summed E-state index contributed by atoms with van der Waals surface area (Å²) in [7, 11) is 3.20. The number of benzene rings is 2. The van der Waals surface area contributed by atoms with Crippen molar-refractivity contribution in [1.29, 1.82) is 0 Å². The maximum atomic E-state index is 13.0. The fourth-order valence-electron chi connectivity index (χ4n) is 5.73. The normalized spacial score (nSPS) is 16.9. The first-order valence-corrected chi connectivity index (χ1v) is 14.4. The number of aromatic nitrogens is 1. The Hall–Kier alpha value is -3.20. The van der Waals surface area contributed by atoms with Crippen molar-refractivity contribution >= 4 is 34.5 Å². The number of nitrogens with one attached hydrogen (secondary N) is 2. The second-order valence-corrected chi connectivity index (χ2v) is 10.8. The number of aliphatic hydroxyl groups is 1. The van der Waals surface area contributed by atoms with Gasteiger partial charge in [0.15, 0.2) is 0 Å². The molecule has 2 amide bonds. The van der Waals surface area contributed by atoms with E-state index in [1.165, 1.54) is 7.11 Å². The fourth-order valence-corrected chi connectivity index (χ4v) is 6.02. The Bertz CT molecular complexity index is 1320. The van der Waals surface area contributed by atoms with E-state index >= 15 is 0 Å². The van der Waals surface area contributed by atoms with E-state index < -0.39 is 11.7 Å². The molecule has 0 bridgehead atoms. The van der Waals surface area contributed by atoms with Crippen LogP contribution in [0.5, 0.6) is 0 Å². The van der Waals surface area contributed by atoms with Crippen LogP contribution >= 0.6 is 11.6 Å². The number of likely N-dealkylation sites (tertiary alicyclic amines) is 1. The average Bonchev–Trinajstić information content (AvgIpc) is 2.98. The van der Waals surface area contributed by atoms with E-state index in [0.717, 1.165) is 47.8 Å². The second kappa shape index (κ2) is 13.9. The summed E-state index contributed by atoms with van der Waals surface area (Å²) in [6.07, 6.45) is 4.99. The molecular weight excluding hydrogens is 528 g/mol. The zero-order valence-electron chi connectivity index (χ0n) is 23.3. The first kappa shape index (κ1) is 29.8. The maximum Gasteiger partial charge on any atom is 0.406 e. The third-order valence-corrected chi connectivity index (χ3v) is 8.13. The first-order valence-electron chi connectivity index (χ1n) is 14.0. The molecule has 2 heterocycles. The molecule has 0 aliphatic carbocycles. The van der Waals surface area contributed by atoms with Crippen LogP contribution in [0.4, 0.5) is 4.79 Å². The number of amides is 2. The highest BCUT2D eigenvalue weighted by atomic mass is 35.5. The first-order chi connectivity index (χ1) is 19.4. The lowest BCUT2D eigenvalue weighted by atomic mass is 9.72. The van der Waals surface area contributed by atoms with E-state index in [1.54, 1.807) is 6.20 Å². The van der Waals surface area contributed by atoms with Gasteiger partial charge in [-0.25, -0.2) is 4.79 Å². The molecule has 8 nitrogen and oxygen atoms in total. The van der Waals surface area contributed by atoms with Crippen LogP contribution < -0.4 is 10.6 Å². The van der Waals surface area contributed by atoms with Gasteiger partial charge in [0, 0.05) is 59.7 Å². The van der Waals surface area contributed by atoms with Gasteiger partial charge in [-0.1, -0.05) is 41.9 Å². The summed E-state index contributed by atoms with van der Waals surface area (Å²) in [5.74, 6) is -0.0991. The molecule has 40 heavy (non-hydrogen) atoms. The number of pyridine rings is 1. The van der Waals surface area contributed by atoms with Crippen LogP contribution in [0.25, 0.3) is 22.0 Å². The Labute approximate surface area is 241 Å². The summed E-state index contributed by atoms with van der Waals surface area (Å²) in [5, 5.41) is 20.0. The van der Waals surface area contributed by atoms with Crippen molar-refractivity contribution in [2.75, 3.05) is 40.3 Å². The van der Waals surface area contributed by atoms with Crippen LogP contribution in [0.15, 0.2) is 54.7 Å². The highest BCUT2D eigenvalue weighted by molar-refractivity contribution is 6.33. The van der Waals surface area contributed by atoms with Crippen LogP contribution in [0, 0.1) is 5.92 Å². The largest absolute Gasteiger partial charge is 0.453 e. The number of methoxy groups -OCH3 is 1. The second-order valence-electron chi connectivity index (χ2n) is 10.4. The predicted octanol–water partition coefficient (Wildman–Crippen LogP) is 5.12. The molecule has 3 aromatic rings. The number of carbonyl (C=O) groups is 2. The molecule has 0 saturated carbocycles. The topological polar surface area (TPSA) is 104 Å². The van der Waals surface area contributed by atoms with Gasteiger partial charge in [-0.15, -0.1) is 0 Å². The van der Waals surface area contributed by atoms with Crippen molar-refractivity contribution in [1.82, 2.24) is 20.5 Å².